The van der Waals surface area contributed by atoms with Crippen LogP contribution in [0.1, 0.15) is 32.1 Å². The van der Waals surface area contributed by atoms with Crippen LogP contribution in [0.3, 0.4) is 0 Å². The van der Waals surface area contributed by atoms with Crippen molar-refractivity contribution < 1.29 is 15.7 Å². The summed E-state index contributed by atoms with van der Waals surface area (Å²) in [4.78, 5) is 16.5. The van der Waals surface area contributed by atoms with Crippen LogP contribution in [-0.4, -0.2) is 23.1 Å². The zero-order valence-electron chi connectivity index (χ0n) is 15.0. The molecule has 3 rings (SSSR count). The molecule has 1 aromatic carbocycles. The molecule has 0 saturated heterocycles. The molecule has 5 nitrogen and oxygen atoms in total. The number of rotatable bonds is 6. The summed E-state index contributed by atoms with van der Waals surface area (Å²) in [6.45, 7) is 11.4. The number of hydrogen-bond acceptors (Lipinski definition) is 4. The molecule has 26 heavy (non-hydrogen) atoms. The lowest BCUT2D eigenvalue weighted by molar-refractivity contribution is -0.118. The number of hydrogen-bond donors (Lipinski definition) is 1. The fourth-order valence-corrected chi connectivity index (χ4v) is 2.94. The minimum atomic E-state index is -0.275. The number of para-hydroxylation sites is 1. The van der Waals surface area contributed by atoms with Gasteiger partial charge in [0.25, 0.3) is 5.91 Å². The molecule has 1 amide bonds. The van der Waals surface area contributed by atoms with Crippen molar-refractivity contribution in [1.82, 2.24) is 4.98 Å². The molecule has 1 aromatic heterocycles. The predicted octanol–water partition coefficient (Wildman–Crippen LogP) is 4.34. The number of carbonyl (C=O) groups is 1. The standard InChI is InChI=1S/C21H22N2O3.H2/c1-5-14-10-16(12-22-17(14)6-2)23-19(24)13-25-18-9-7-8-15-11-21(3,4)26-20(15)18;/h5-10,12H,1-2,11,13H2,3-4H3,(H,23,24);1H. The fraction of sp³-hybridized carbons (Fsp3) is 0.238. The van der Waals surface area contributed by atoms with Crippen LogP contribution in [0.2, 0.25) is 0 Å². The Morgan fingerprint density at radius 1 is 1.42 bits per heavy atom. The van der Waals surface area contributed by atoms with E-state index in [0.29, 0.717) is 17.1 Å². The van der Waals surface area contributed by atoms with Crippen LogP contribution in [0.4, 0.5) is 5.69 Å². The summed E-state index contributed by atoms with van der Waals surface area (Å²) >= 11 is 0. The first-order valence-electron chi connectivity index (χ1n) is 8.40. The maximum Gasteiger partial charge on any atom is 0.262 e. The SMILES string of the molecule is C=Cc1cc(NC(=O)COc2cccc3c2OC(C)(C)C3)cnc1C=C.[HH]. The normalized spacial score (nSPS) is 14.1. The van der Waals surface area contributed by atoms with Gasteiger partial charge in [-0.25, -0.2) is 0 Å². The van der Waals surface area contributed by atoms with Gasteiger partial charge in [0.15, 0.2) is 18.1 Å². The second kappa shape index (κ2) is 7.04. The summed E-state index contributed by atoms with van der Waals surface area (Å²) in [7, 11) is 0. The Balaban J connectivity index is 0.00000261. The van der Waals surface area contributed by atoms with Gasteiger partial charge in [-0.15, -0.1) is 0 Å². The van der Waals surface area contributed by atoms with Crippen LogP contribution in [0.5, 0.6) is 11.5 Å². The highest BCUT2D eigenvalue weighted by atomic mass is 16.5. The first-order chi connectivity index (χ1) is 12.4. The predicted molar refractivity (Wildman–Crippen MR) is 106 cm³/mol. The number of aromatic nitrogens is 1. The van der Waals surface area contributed by atoms with E-state index in [-0.39, 0.29) is 19.5 Å². The number of carbonyl (C=O) groups excluding carboxylic acids is 1. The number of ether oxygens (including phenoxy) is 2. The molecule has 0 bridgehead atoms. The number of fused-ring (bicyclic) bond motifs is 1. The first kappa shape index (κ1) is 17.7. The number of nitrogens with zero attached hydrogens (tertiary/aromatic N) is 1. The number of nitrogens with one attached hydrogen (secondary N) is 1. The number of anilines is 1. The molecule has 0 aliphatic carbocycles. The molecule has 1 aliphatic rings. The lowest BCUT2D eigenvalue weighted by atomic mass is 10.0. The van der Waals surface area contributed by atoms with Crippen molar-refractivity contribution in [3.8, 4) is 11.5 Å². The molecule has 0 saturated carbocycles. The first-order valence-corrected chi connectivity index (χ1v) is 8.40. The van der Waals surface area contributed by atoms with Gasteiger partial charge < -0.3 is 14.8 Å². The zero-order chi connectivity index (χ0) is 18.7. The van der Waals surface area contributed by atoms with Crippen LogP contribution in [-0.2, 0) is 11.2 Å². The smallest absolute Gasteiger partial charge is 0.262 e. The van der Waals surface area contributed by atoms with E-state index in [9.17, 15) is 4.79 Å². The molecule has 0 atom stereocenters. The van der Waals surface area contributed by atoms with Crippen molar-refractivity contribution in [3.05, 3.63) is 60.4 Å². The van der Waals surface area contributed by atoms with Gasteiger partial charge in [0.1, 0.15) is 5.60 Å². The fourth-order valence-electron chi connectivity index (χ4n) is 2.94. The molecule has 2 aromatic rings. The Labute approximate surface area is 154 Å². The van der Waals surface area contributed by atoms with E-state index < -0.39 is 0 Å². The Bertz CT molecular complexity index is 878. The summed E-state index contributed by atoms with van der Waals surface area (Å²) in [6.07, 6.45) is 5.71. The van der Waals surface area contributed by atoms with Crippen LogP contribution in [0, 0.1) is 0 Å². The van der Waals surface area contributed by atoms with Gasteiger partial charge in [-0.05, 0) is 32.1 Å². The van der Waals surface area contributed by atoms with Crippen LogP contribution in [0.15, 0.2) is 43.6 Å². The van der Waals surface area contributed by atoms with Crippen LogP contribution in [0.25, 0.3) is 12.2 Å². The average molecular weight is 352 g/mol. The van der Waals surface area contributed by atoms with Gasteiger partial charge in [0.2, 0.25) is 0 Å². The van der Waals surface area contributed by atoms with E-state index in [0.717, 1.165) is 23.3 Å². The Kier molecular flexibility index (Phi) is 4.80. The third-order valence-corrected chi connectivity index (χ3v) is 4.06. The second-order valence-electron chi connectivity index (χ2n) is 6.73. The van der Waals surface area contributed by atoms with Gasteiger partial charge in [0.05, 0.1) is 17.6 Å². The molecule has 1 N–H and O–H groups in total. The summed E-state index contributed by atoms with van der Waals surface area (Å²) < 4.78 is 11.6. The van der Waals surface area contributed by atoms with E-state index in [2.05, 4.69) is 23.5 Å². The van der Waals surface area contributed by atoms with E-state index in [1.807, 2.05) is 32.0 Å². The molecular weight excluding hydrogens is 328 g/mol. The van der Waals surface area contributed by atoms with Crippen LogP contribution < -0.4 is 14.8 Å². The zero-order valence-corrected chi connectivity index (χ0v) is 15.0. The molecule has 1 aliphatic heterocycles. The van der Waals surface area contributed by atoms with Crippen molar-refractivity contribution in [2.75, 3.05) is 11.9 Å². The molecule has 0 radical (unpaired) electrons. The van der Waals surface area contributed by atoms with Gasteiger partial charge in [-0.3, -0.25) is 9.78 Å². The molecule has 136 valence electrons. The highest BCUT2D eigenvalue weighted by Gasteiger charge is 2.32. The van der Waals surface area contributed by atoms with Gasteiger partial charge in [-0.2, -0.15) is 0 Å². The van der Waals surface area contributed by atoms with E-state index in [1.54, 1.807) is 24.4 Å². The van der Waals surface area contributed by atoms with Crippen LogP contribution >= 0.6 is 0 Å². The molecule has 0 unspecified atom stereocenters. The van der Waals surface area contributed by atoms with E-state index in [1.165, 1.54) is 0 Å². The lowest BCUT2D eigenvalue weighted by Crippen LogP contribution is -2.25. The Hall–Kier alpha value is -3.08. The summed E-state index contributed by atoms with van der Waals surface area (Å²) in [5.41, 5.74) is 2.93. The molecule has 5 heteroatoms. The summed E-state index contributed by atoms with van der Waals surface area (Å²) in [6, 6.07) is 7.52. The van der Waals surface area contributed by atoms with E-state index >= 15 is 0 Å². The van der Waals surface area contributed by atoms with Crippen molar-refractivity contribution in [1.29, 1.82) is 0 Å². The third kappa shape index (κ3) is 3.77. The minimum absolute atomic E-state index is 0. The van der Waals surface area contributed by atoms with Crippen molar-refractivity contribution in [2.24, 2.45) is 0 Å². The summed E-state index contributed by atoms with van der Waals surface area (Å²) in [5.74, 6) is 1.02. The quantitative estimate of drug-likeness (QED) is 0.840. The highest BCUT2D eigenvalue weighted by molar-refractivity contribution is 5.92. The average Bonchev–Trinajstić information content (AvgIpc) is 2.94. The molecule has 0 spiro atoms. The topological polar surface area (TPSA) is 60.5 Å². The number of benzene rings is 1. The Morgan fingerprint density at radius 2 is 2.23 bits per heavy atom. The summed E-state index contributed by atoms with van der Waals surface area (Å²) in [5, 5.41) is 2.77. The molecule has 0 fully saturated rings. The maximum absolute atomic E-state index is 12.2. The third-order valence-electron chi connectivity index (χ3n) is 4.06. The minimum Gasteiger partial charge on any atom is -0.483 e. The molecule has 2 heterocycles. The molecular formula is C21H24N2O3. The van der Waals surface area contributed by atoms with E-state index in [4.69, 9.17) is 9.47 Å². The van der Waals surface area contributed by atoms with Crippen molar-refractivity contribution in [3.63, 3.8) is 0 Å². The number of amides is 1. The lowest BCUT2D eigenvalue weighted by Gasteiger charge is -2.18. The van der Waals surface area contributed by atoms with Gasteiger partial charge in [-0.1, -0.05) is 31.4 Å². The second-order valence-corrected chi connectivity index (χ2v) is 6.73. The van der Waals surface area contributed by atoms with Gasteiger partial charge >= 0.3 is 0 Å². The monoisotopic (exact) mass is 352 g/mol. The Morgan fingerprint density at radius 3 is 2.96 bits per heavy atom. The number of pyridine rings is 1. The highest BCUT2D eigenvalue weighted by Crippen LogP contribution is 2.41. The van der Waals surface area contributed by atoms with Crippen molar-refractivity contribution in [2.45, 2.75) is 25.9 Å². The van der Waals surface area contributed by atoms with Gasteiger partial charge in [0, 0.05) is 19.0 Å². The largest absolute Gasteiger partial charge is 0.483 e. The maximum atomic E-state index is 12.2. The van der Waals surface area contributed by atoms with Crippen molar-refractivity contribution >= 4 is 23.7 Å².